The Hall–Kier alpha value is -3.26. The van der Waals surface area contributed by atoms with Gasteiger partial charge in [-0.05, 0) is 30.3 Å². The molecule has 0 radical (unpaired) electrons. The van der Waals surface area contributed by atoms with E-state index in [1.54, 1.807) is 0 Å². The largest absolute Gasteiger partial charge is 0.460 e. The fourth-order valence-electron chi connectivity index (χ4n) is 1.93. The number of carbonyl (C=O) groups excluding carboxylic acids is 2. The maximum atomic E-state index is 12.1. The number of nitro groups is 1. The maximum absolute atomic E-state index is 12.1. The first-order valence-corrected chi connectivity index (χ1v) is 7.24. The smallest absolute Gasteiger partial charge is 0.350 e. The van der Waals surface area contributed by atoms with Gasteiger partial charge in [0.25, 0.3) is 5.69 Å². The predicted molar refractivity (Wildman–Crippen MR) is 86.7 cm³/mol. The van der Waals surface area contributed by atoms with Gasteiger partial charge >= 0.3 is 11.9 Å². The monoisotopic (exact) mass is 345 g/mol. The zero-order chi connectivity index (χ0) is 18.2. The lowest BCUT2D eigenvalue weighted by atomic mass is 10.2. The summed E-state index contributed by atoms with van der Waals surface area (Å²) in [5.41, 5.74) is -0.219. The van der Waals surface area contributed by atoms with Crippen molar-refractivity contribution in [2.24, 2.45) is 0 Å². The Balaban J connectivity index is 2.05. The Bertz CT molecular complexity index is 771. The van der Waals surface area contributed by atoms with Gasteiger partial charge in [0.2, 0.25) is 0 Å². The molecule has 0 saturated carbocycles. The van der Waals surface area contributed by atoms with E-state index in [1.807, 2.05) is 0 Å². The van der Waals surface area contributed by atoms with Gasteiger partial charge in [0.05, 0.1) is 17.1 Å². The number of methoxy groups -OCH3 is 1. The summed E-state index contributed by atoms with van der Waals surface area (Å²) in [6.45, 7) is 0.418. The Kier molecular flexibility index (Phi) is 6.19. The highest BCUT2D eigenvalue weighted by Crippen LogP contribution is 2.21. The molecule has 0 aromatic heterocycles. The molecule has 0 bridgehead atoms. The van der Waals surface area contributed by atoms with Crippen LogP contribution in [0.25, 0.3) is 0 Å². The molecule has 0 aliphatic carbocycles. The third-order valence-corrected chi connectivity index (χ3v) is 3.14. The molecule has 2 rings (SSSR count). The second-order valence-corrected chi connectivity index (χ2v) is 4.82. The minimum absolute atomic E-state index is 0.129. The molecule has 2 aromatic carbocycles. The quantitative estimate of drug-likeness (QED) is 0.250. The Morgan fingerprint density at radius 3 is 2.32 bits per heavy atom. The van der Waals surface area contributed by atoms with Crippen LogP contribution in [-0.4, -0.2) is 37.2 Å². The summed E-state index contributed by atoms with van der Waals surface area (Å²) in [6.07, 6.45) is 0. The van der Waals surface area contributed by atoms with E-state index in [1.165, 1.54) is 55.6 Å². The molecular formula is C17H15NO7. The molecule has 0 saturated heterocycles. The maximum Gasteiger partial charge on any atom is 0.350 e. The van der Waals surface area contributed by atoms with Crippen LogP contribution < -0.4 is 4.74 Å². The van der Waals surface area contributed by atoms with Crippen molar-refractivity contribution in [3.05, 3.63) is 69.8 Å². The van der Waals surface area contributed by atoms with Crippen LogP contribution in [0.2, 0.25) is 0 Å². The van der Waals surface area contributed by atoms with Gasteiger partial charge in [0, 0.05) is 13.2 Å². The molecule has 25 heavy (non-hydrogen) atoms. The number of para-hydroxylation sites is 1. The van der Waals surface area contributed by atoms with Gasteiger partial charge in [-0.1, -0.05) is 12.1 Å². The van der Waals surface area contributed by atoms with Crippen LogP contribution in [0.15, 0.2) is 48.5 Å². The van der Waals surface area contributed by atoms with Crippen LogP contribution in [0, 0.1) is 10.1 Å². The van der Waals surface area contributed by atoms with E-state index in [0.717, 1.165) is 0 Å². The van der Waals surface area contributed by atoms with E-state index in [-0.39, 0.29) is 35.8 Å². The van der Waals surface area contributed by atoms with Crippen LogP contribution in [0.4, 0.5) is 5.69 Å². The minimum Gasteiger partial charge on any atom is -0.460 e. The van der Waals surface area contributed by atoms with Crippen molar-refractivity contribution in [2.75, 3.05) is 20.3 Å². The summed E-state index contributed by atoms with van der Waals surface area (Å²) in [4.78, 5) is 34.1. The van der Waals surface area contributed by atoms with Gasteiger partial charge in [0.1, 0.15) is 17.9 Å². The Labute approximate surface area is 143 Å². The molecule has 0 heterocycles. The van der Waals surface area contributed by atoms with E-state index in [0.29, 0.717) is 0 Å². The summed E-state index contributed by atoms with van der Waals surface area (Å²) >= 11 is 0. The molecule has 130 valence electrons. The Morgan fingerprint density at radius 2 is 1.68 bits per heavy atom. The number of benzene rings is 2. The SMILES string of the molecule is COCCOC(=O)c1ccc(OC(=O)c2ccccc2[N+](=O)[O-])cc1. The van der Waals surface area contributed by atoms with Gasteiger partial charge < -0.3 is 14.2 Å². The number of hydrogen-bond donors (Lipinski definition) is 0. The van der Waals surface area contributed by atoms with E-state index in [4.69, 9.17) is 14.2 Å². The van der Waals surface area contributed by atoms with Gasteiger partial charge in [-0.15, -0.1) is 0 Å². The molecule has 0 amide bonds. The second-order valence-electron chi connectivity index (χ2n) is 4.82. The first-order chi connectivity index (χ1) is 12.0. The summed E-state index contributed by atoms with van der Waals surface area (Å²) in [5, 5.41) is 10.9. The summed E-state index contributed by atoms with van der Waals surface area (Å²) in [5.74, 6) is -1.24. The number of hydrogen-bond acceptors (Lipinski definition) is 7. The van der Waals surface area contributed by atoms with Crippen LogP contribution in [0.5, 0.6) is 5.75 Å². The van der Waals surface area contributed by atoms with E-state index in [9.17, 15) is 19.7 Å². The van der Waals surface area contributed by atoms with Crippen LogP contribution >= 0.6 is 0 Å². The number of carbonyl (C=O) groups is 2. The molecule has 8 nitrogen and oxygen atoms in total. The highest BCUT2D eigenvalue weighted by Gasteiger charge is 2.21. The van der Waals surface area contributed by atoms with Crippen LogP contribution in [0.1, 0.15) is 20.7 Å². The fraction of sp³-hybridized carbons (Fsp3) is 0.176. The normalized spacial score (nSPS) is 10.1. The van der Waals surface area contributed by atoms with Gasteiger partial charge in [-0.3, -0.25) is 10.1 Å². The van der Waals surface area contributed by atoms with Gasteiger partial charge in [-0.25, -0.2) is 9.59 Å². The van der Waals surface area contributed by atoms with Crippen molar-refractivity contribution >= 4 is 17.6 Å². The Morgan fingerprint density at radius 1 is 1.00 bits per heavy atom. The van der Waals surface area contributed by atoms with Crippen molar-refractivity contribution in [1.29, 1.82) is 0 Å². The topological polar surface area (TPSA) is 105 Å². The first-order valence-electron chi connectivity index (χ1n) is 7.24. The summed E-state index contributed by atoms with van der Waals surface area (Å²) < 4.78 is 14.8. The molecule has 0 fully saturated rings. The molecule has 8 heteroatoms. The second kappa shape index (κ2) is 8.55. The molecule has 2 aromatic rings. The van der Waals surface area contributed by atoms with Gasteiger partial charge in [0.15, 0.2) is 0 Å². The van der Waals surface area contributed by atoms with Crippen molar-refractivity contribution in [2.45, 2.75) is 0 Å². The lowest BCUT2D eigenvalue weighted by Gasteiger charge is -2.07. The first kappa shape index (κ1) is 18.1. The third kappa shape index (κ3) is 4.85. The van der Waals surface area contributed by atoms with Crippen LogP contribution in [0.3, 0.4) is 0 Å². The minimum atomic E-state index is -0.859. The third-order valence-electron chi connectivity index (χ3n) is 3.14. The number of ether oxygens (including phenoxy) is 3. The standard InChI is InChI=1S/C17H15NO7/c1-23-10-11-24-16(19)12-6-8-13(9-7-12)25-17(20)14-4-2-3-5-15(14)18(21)22/h2-9H,10-11H2,1H3. The lowest BCUT2D eigenvalue weighted by Crippen LogP contribution is -2.12. The van der Waals surface area contributed by atoms with Crippen molar-refractivity contribution < 1.29 is 28.7 Å². The molecule has 0 spiro atoms. The number of rotatable bonds is 7. The van der Waals surface area contributed by atoms with Crippen molar-refractivity contribution in [1.82, 2.24) is 0 Å². The molecule has 0 aliphatic rings. The van der Waals surface area contributed by atoms with Crippen molar-refractivity contribution in [3.8, 4) is 5.75 Å². The lowest BCUT2D eigenvalue weighted by molar-refractivity contribution is -0.385. The fourth-order valence-corrected chi connectivity index (χ4v) is 1.93. The zero-order valence-electron chi connectivity index (χ0n) is 13.3. The van der Waals surface area contributed by atoms with Crippen LogP contribution in [-0.2, 0) is 9.47 Å². The molecular weight excluding hydrogens is 330 g/mol. The van der Waals surface area contributed by atoms with E-state index >= 15 is 0 Å². The summed E-state index contributed by atoms with van der Waals surface area (Å²) in [7, 11) is 1.49. The number of nitro benzene ring substituents is 1. The molecule has 0 unspecified atom stereocenters. The van der Waals surface area contributed by atoms with Crippen molar-refractivity contribution in [3.63, 3.8) is 0 Å². The highest BCUT2D eigenvalue weighted by molar-refractivity contribution is 5.95. The average Bonchev–Trinajstić information content (AvgIpc) is 2.62. The number of nitrogens with zero attached hydrogens (tertiary/aromatic N) is 1. The summed E-state index contributed by atoms with van der Waals surface area (Å²) in [6, 6.07) is 11.1. The zero-order valence-corrected chi connectivity index (χ0v) is 13.3. The average molecular weight is 345 g/mol. The molecule has 0 atom stereocenters. The molecule has 0 N–H and O–H groups in total. The van der Waals surface area contributed by atoms with Gasteiger partial charge in [-0.2, -0.15) is 0 Å². The van der Waals surface area contributed by atoms with E-state index < -0.39 is 16.9 Å². The van der Waals surface area contributed by atoms with E-state index in [2.05, 4.69) is 0 Å². The highest BCUT2D eigenvalue weighted by atomic mass is 16.6. The molecule has 0 aliphatic heterocycles. The predicted octanol–water partition coefficient (Wildman–Crippen LogP) is 2.62. The number of esters is 2.